The molecular weight excluding hydrogens is 535 g/mol. The van der Waals surface area contributed by atoms with Gasteiger partial charge in [-0.05, 0) is 39.0 Å². The average Bonchev–Trinajstić information content (AvgIpc) is 3.35. The normalized spacial score (nSPS) is 12.5. The molecule has 1 amide bonds. The molecule has 1 N–H and O–H groups in total. The molecule has 0 radical (unpaired) electrons. The molecule has 0 aliphatic rings. The molecule has 0 unspecified atom stereocenters. The van der Waals surface area contributed by atoms with Crippen molar-refractivity contribution in [2.45, 2.75) is 33.0 Å². The molecule has 40 heavy (non-hydrogen) atoms. The molecular formula is C28H23FN6O4S. The fourth-order valence-electron chi connectivity index (χ4n) is 3.87. The van der Waals surface area contributed by atoms with Gasteiger partial charge in [-0.15, -0.1) is 11.3 Å². The number of carbonyl (C=O) groups excluding carboxylic acids is 1. The number of fused-ring (bicyclic) bond motifs is 2. The molecule has 0 aliphatic carbocycles. The largest absolute Gasteiger partial charge is 0.495 e. The van der Waals surface area contributed by atoms with Gasteiger partial charge in [0.05, 0.1) is 58.8 Å². The number of hydrogen-bond acceptors (Lipinski definition) is 10. The lowest BCUT2D eigenvalue weighted by atomic mass is 10.1. The average molecular weight is 559 g/mol. The van der Waals surface area contributed by atoms with Crippen molar-refractivity contribution in [2.75, 3.05) is 12.4 Å². The molecule has 12 heteroatoms. The van der Waals surface area contributed by atoms with Gasteiger partial charge in [0.1, 0.15) is 28.8 Å². The van der Waals surface area contributed by atoms with Crippen LogP contribution >= 0.6 is 11.3 Å². The van der Waals surface area contributed by atoms with E-state index in [4.69, 9.17) is 14.2 Å². The number of rotatable bonds is 7. The van der Waals surface area contributed by atoms with E-state index >= 15 is 4.39 Å². The van der Waals surface area contributed by atoms with E-state index in [-0.39, 0.29) is 5.75 Å². The molecule has 10 nitrogen and oxygen atoms in total. The maximum atomic E-state index is 15.0. The summed E-state index contributed by atoms with van der Waals surface area (Å²) in [6.07, 6.45) is 2.44. The van der Waals surface area contributed by atoms with Crippen molar-refractivity contribution in [2.24, 2.45) is 0 Å². The number of nitrogens with zero attached hydrogens (tertiary/aromatic N) is 5. The Balaban J connectivity index is 1.36. The molecule has 0 bridgehead atoms. The molecule has 5 rings (SSSR count). The van der Waals surface area contributed by atoms with Gasteiger partial charge in [-0.25, -0.2) is 24.1 Å². The molecule has 0 fully saturated rings. The number of thiazole rings is 1. The van der Waals surface area contributed by atoms with Gasteiger partial charge in [0.25, 0.3) is 0 Å². The van der Waals surface area contributed by atoms with E-state index in [1.165, 1.54) is 29.8 Å². The topological polar surface area (TPSA) is 132 Å². The van der Waals surface area contributed by atoms with E-state index in [9.17, 15) is 10.1 Å². The first-order valence-corrected chi connectivity index (χ1v) is 13.0. The Morgan fingerprint density at radius 2 is 1.85 bits per heavy atom. The van der Waals surface area contributed by atoms with Crippen LogP contribution in [0.25, 0.3) is 31.7 Å². The Labute approximate surface area is 232 Å². The Bertz CT molecular complexity index is 1770. The molecule has 2 atom stereocenters. The van der Waals surface area contributed by atoms with Crippen LogP contribution in [0.3, 0.4) is 0 Å². The Morgan fingerprint density at radius 1 is 1.07 bits per heavy atom. The number of carbonyl (C=O) groups is 1. The van der Waals surface area contributed by atoms with Crippen LogP contribution in [0.5, 0.6) is 11.5 Å². The number of pyridine rings is 1. The zero-order valence-electron chi connectivity index (χ0n) is 21.9. The summed E-state index contributed by atoms with van der Waals surface area (Å²) in [6.45, 7) is 5.05. The SMILES string of the molecule is COc1cnc2c(-c3nc4cc(F)c(O[C@@H](C)[C@@H](C)OC(=O)Nc5cnc(C)nc5)cc4s3)cc(C#N)cc2c1. The van der Waals surface area contributed by atoms with Gasteiger partial charge in [-0.2, -0.15) is 5.26 Å². The number of aryl methyl sites for hydroxylation is 1. The van der Waals surface area contributed by atoms with Crippen molar-refractivity contribution in [3.8, 4) is 28.1 Å². The number of hydrogen-bond donors (Lipinski definition) is 1. The molecule has 202 valence electrons. The van der Waals surface area contributed by atoms with Crippen LogP contribution < -0.4 is 14.8 Å². The maximum Gasteiger partial charge on any atom is 0.412 e. The van der Waals surface area contributed by atoms with Crippen LogP contribution in [0.1, 0.15) is 25.2 Å². The predicted molar refractivity (Wildman–Crippen MR) is 148 cm³/mol. The van der Waals surface area contributed by atoms with E-state index in [1.54, 1.807) is 58.3 Å². The number of halogens is 1. The lowest BCUT2D eigenvalue weighted by molar-refractivity contribution is 0.0402. The number of anilines is 1. The fourth-order valence-corrected chi connectivity index (χ4v) is 4.86. The molecule has 0 spiro atoms. The highest BCUT2D eigenvalue weighted by atomic mass is 32.1. The van der Waals surface area contributed by atoms with Gasteiger partial charge < -0.3 is 14.2 Å². The number of methoxy groups -OCH3 is 1. The Kier molecular flexibility index (Phi) is 7.39. The number of ether oxygens (including phenoxy) is 3. The van der Waals surface area contributed by atoms with Gasteiger partial charge in [0.15, 0.2) is 11.6 Å². The van der Waals surface area contributed by atoms with Crippen LogP contribution in [0, 0.1) is 24.1 Å². The first kappa shape index (κ1) is 26.7. The third-order valence-electron chi connectivity index (χ3n) is 6.09. The summed E-state index contributed by atoms with van der Waals surface area (Å²) in [7, 11) is 1.54. The van der Waals surface area contributed by atoms with Crippen LogP contribution in [-0.2, 0) is 4.74 Å². The Morgan fingerprint density at radius 3 is 2.58 bits per heavy atom. The zero-order chi connectivity index (χ0) is 28.4. The lowest BCUT2D eigenvalue weighted by Crippen LogP contribution is -2.32. The van der Waals surface area contributed by atoms with Crippen LogP contribution in [0.15, 0.2) is 48.9 Å². The van der Waals surface area contributed by atoms with Crippen molar-refractivity contribution < 1.29 is 23.4 Å². The van der Waals surface area contributed by atoms with Gasteiger partial charge >= 0.3 is 6.09 Å². The summed E-state index contributed by atoms with van der Waals surface area (Å²) in [5, 5.41) is 13.4. The first-order valence-electron chi connectivity index (χ1n) is 12.2. The summed E-state index contributed by atoms with van der Waals surface area (Å²) in [6, 6.07) is 10.3. The van der Waals surface area contributed by atoms with E-state index in [1.807, 2.05) is 0 Å². The van der Waals surface area contributed by atoms with Gasteiger partial charge in [0.2, 0.25) is 0 Å². The summed E-state index contributed by atoms with van der Waals surface area (Å²) in [5.41, 5.74) is 2.56. The van der Waals surface area contributed by atoms with E-state index in [0.717, 1.165) is 5.39 Å². The fraction of sp³-hybridized carbons (Fsp3) is 0.214. The minimum atomic E-state index is -0.712. The minimum Gasteiger partial charge on any atom is -0.495 e. The number of aromatic nitrogens is 4. The highest BCUT2D eigenvalue weighted by Crippen LogP contribution is 2.37. The molecule has 2 aromatic carbocycles. The summed E-state index contributed by atoms with van der Waals surface area (Å²) < 4.78 is 32.2. The molecule has 0 aliphatic heterocycles. The monoisotopic (exact) mass is 558 g/mol. The maximum absolute atomic E-state index is 15.0. The zero-order valence-corrected chi connectivity index (χ0v) is 22.7. The van der Waals surface area contributed by atoms with Crippen LogP contribution in [-0.4, -0.2) is 45.3 Å². The molecule has 5 aromatic rings. The van der Waals surface area contributed by atoms with E-state index in [2.05, 4.69) is 31.3 Å². The minimum absolute atomic E-state index is 0.00325. The van der Waals surface area contributed by atoms with Gasteiger partial charge in [0, 0.05) is 23.1 Å². The smallest absolute Gasteiger partial charge is 0.412 e. The molecule has 0 saturated heterocycles. The number of nitriles is 1. The third-order valence-corrected chi connectivity index (χ3v) is 7.14. The van der Waals surface area contributed by atoms with Crippen LogP contribution in [0.4, 0.5) is 14.9 Å². The Hall–Kier alpha value is -4.89. The summed E-state index contributed by atoms with van der Waals surface area (Å²) >= 11 is 1.32. The number of nitrogens with one attached hydrogen (secondary N) is 1. The predicted octanol–water partition coefficient (Wildman–Crippen LogP) is 6.03. The lowest BCUT2D eigenvalue weighted by Gasteiger charge is -2.22. The highest BCUT2D eigenvalue weighted by Gasteiger charge is 2.22. The van der Waals surface area contributed by atoms with Crippen molar-refractivity contribution in [3.63, 3.8) is 0 Å². The van der Waals surface area contributed by atoms with Crippen molar-refractivity contribution in [1.29, 1.82) is 5.26 Å². The summed E-state index contributed by atoms with van der Waals surface area (Å²) in [4.78, 5) is 29.4. The van der Waals surface area contributed by atoms with Crippen molar-refractivity contribution >= 4 is 44.2 Å². The first-order chi connectivity index (χ1) is 19.2. The molecule has 3 heterocycles. The van der Waals surface area contributed by atoms with E-state index in [0.29, 0.717) is 49.1 Å². The quantitative estimate of drug-likeness (QED) is 0.254. The van der Waals surface area contributed by atoms with E-state index < -0.39 is 24.1 Å². The van der Waals surface area contributed by atoms with Crippen molar-refractivity contribution in [3.05, 3.63) is 66.1 Å². The van der Waals surface area contributed by atoms with Gasteiger partial charge in [-0.3, -0.25) is 10.3 Å². The number of amides is 1. The van der Waals surface area contributed by atoms with Gasteiger partial charge in [-0.1, -0.05) is 0 Å². The second kappa shape index (κ2) is 11.1. The van der Waals surface area contributed by atoms with Crippen LogP contribution in [0.2, 0.25) is 0 Å². The molecule has 3 aromatic heterocycles. The highest BCUT2D eigenvalue weighted by molar-refractivity contribution is 7.21. The second-order valence-electron chi connectivity index (χ2n) is 8.93. The standard InChI is InChI=1S/C28H23FN6O4S/c1-14(15(2)39-28(36)34-19-11-31-16(3)32-12-19)38-24-9-25-23(8-22(24)29)35-27(40-25)21-6-17(10-30)5-18-7-20(37-4)13-33-26(18)21/h5-9,11-15H,1-4H3,(H,34,36)/t14-,15+/m0/s1. The number of benzene rings is 2. The third kappa shape index (κ3) is 5.60. The van der Waals surface area contributed by atoms with Crippen molar-refractivity contribution in [1.82, 2.24) is 19.9 Å². The second-order valence-corrected chi connectivity index (χ2v) is 9.96. The summed E-state index contributed by atoms with van der Waals surface area (Å²) in [5.74, 6) is 0.526. The molecule has 0 saturated carbocycles.